The molecule has 1 heterocycles. The molecule has 0 radical (unpaired) electrons. The molecule has 0 fully saturated rings. The van der Waals surface area contributed by atoms with Crippen LogP contribution in [0.4, 0.5) is 5.69 Å². The van der Waals surface area contributed by atoms with Gasteiger partial charge in [-0.05, 0) is 29.3 Å². The topological polar surface area (TPSA) is 93.2 Å². The van der Waals surface area contributed by atoms with Crippen LogP contribution in [-0.4, -0.2) is 33.6 Å². The first-order valence-electron chi connectivity index (χ1n) is 5.90. The zero-order valence-corrected chi connectivity index (χ0v) is 12.1. The number of aryl methyl sites for hydroxylation is 1. The molecule has 0 bridgehead atoms. The summed E-state index contributed by atoms with van der Waals surface area (Å²) in [4.78, 5) is 11.9. The van der Waals surface area contributed by atoms with Crippen LogP contribution < -0.4 is 16.6 Å². The zero-order valence-electron chi connectivity index (χ0n) is 10.6. The predicted octanol–water partition coefficient (Wildman–Crippen LogP) is 0.536. The number of rotatable bonds is 6. The van der Waals surface area contributed by atoms with E-state index in [1.165, 1.54) is 4.68 Å². The molecule has 1 rings (SSSR count). The Morgan fingerprint density at radius 1 is 1.67 bits per heavy atom. The molecule has 0 saturated carbocycles. The second-order valence-electron chi connectivity index (χ2n) is 4.19. The maximum Gasteiger partial charge on any atom is 0.283 e. The molecule has 1 aromatic heterocycles. The number of aromatic nitrogens is 2. The SMILES string of the molecule is CCCn1ncc(NCC(N)C(C)O)c(Br)c1=O. The monoisotopic (exact) mass is 318 g/mol. The van der Waals surface area contributed by atoms with Crippen LogP contribution in [0.3, 0.4) is 0 Å². The van der Waals surface area contributed by atoms with Crippen molar-refractivity contribution >= 4 is 21.6 Å². The Balaban J connectivity index is 2.79. The number of nitrogens with one attached hydrogen (secondary N) is 1. The predicted molar refractivity (Wildman–Crippen MR) is 74.6 cm³/mol. The summed E-state index contributed by atoms with van der Waals surface area (Å²) < 4.78 is 1.84. The number of aliphatic hydroxyl groups is 1. The molecule has 2 unspecified atom stereocenters. The van der Waals surface area contributed by atoms with Gasteiger partial charge < -0.3 is 16.2 Å². The second-order valence-corrected chi connectivity index (χ2v) is 4.98. The molecule has 0 aliphatic rings. The number of nitrogens with zero attached hydrogens (tertiary/aromatic N) is 2. The molecule has 1 aromatic rings. The van der Waals surface area contributed by atoms with Gasteiger partial charge >= 0.3 is 0 Å². The quantitative estimate of drug-likeness (QED) is 0.711. The van der Waals surface area contributed by atoms with Gasteiger partial charge in [0.25, 0.3) is 5.56 Å². The maximum absolute atomic E-state index is 11.9. The molecule has 7 heteroatoms. The summed E-state index contributed by atoms with van der Waals surface area (Å²) in [6, 6.07) is -0.394. The summed E-state index contributed by atoms with van der Waals surface area (Å²) in [5, 5.41) is 16.3. The van der Waals surface area contributed by atoms with Crippen LogP contribution in [0.15, 0.2) is 15.5 Å². The molecule has 0 aliphatic heterocycles. The van der Waals surface area contributed by atoms with Crippen molar-refractivity contribution in [3.63, 3.8) is 0 Å². The maximum atomic E-state index is 11.9. The molecule has 0 amide bonds. The fraction of sp³-hybridized carbons (Fsp3) is 0.636. The van der Waals surface area contributed by atoms with Crippen molar-refractivity contribution in [3.05, 3.63) is 21.0 Å². The van der Waals surface area contributed by atoms with Gasteiger partial charge in [0.15, 0.2) is 0 Å². The summed E-state index contributed by atoms with van der Waals surface area (Å²) in [5.41, 5.74) is 6.11. The van der Waals surface area contributed by atoms with Crippen molar-refractivity contribution in [2.75, 3.05) is 11.9 Å². The van der Waals surface area contributed by atoms with E-state index < -0.39 is 12.1 Å². The third-order valence-corrected chi connectivity index (χ3v) is 3.33. The first-order chi connectivity index (χ1) is 8.47. The molecular formula is C11H19BrN4O2. The van der Waals surface area contributed by atoms with Gasteiger partial charge in [-0.25, -0.2) is 4.68 Å². The Hall–Kier alpha value is -0.920. The standard InChI is InChI=1S/C11H19BrN4O2/c1-3-4-16-11(18)10(12)9(6-15-16)14-5-8(13)7(2)17/h6-8,14,17H,3-5,13H2,1-2H3. The van der Waals surface area contributed by atoms with Gasteiger partial charge in [-0.1, -0.05) is 6.92 Å². The molecule has 0 aromatic carbocycles. The van der Waals surface area contributed by atoms with Crippen LogP contribution in [-0.2, 0) is 6.54 Å². The Morgan fingerprint density at radius 3 is 2.89 bits per heavy atom. The van der Waals surface area contributed by atoms with Crippen LogP contribution in [0, 0.1) is 0 Å². The highest BCUT2D eigenvalue weighted by Gasteiger charge is 2.12. The minimum Gasteiger partial charge on any atom is -0.392 e. The number of anilines is 1. The highest BCUT2D eigenvalue weighted by molar-refractivity contribution is 9.10. The van der Waals surface area contributed by atoms with Crippen LogP contribution in [0.1, 0.15) is 20.3 Å². The smallest absolute Gasteiger partial charge is 0.283 e. The van der Waals surface area contributed by atoms with Crippen molar-refractivity contribution in [2.24, 2.45) is 5.73 Å². The average molecular weight is 319 g/mol. The third kappa shape index (κ3) is 3.79. The first-order valence-corrected chi connectivity index (χ1v) is 6.69. The molecule has 18 heavy (non-hydrogen) atoms. The summed E-state index contributed by atoms with van der Waals surface area (Å²) >= 11 is 3.25. The lowest BCUT2D eigenvalue weighted by Crippen LogP contribution is -2.39. The Morgan fingerprint density at radius 2 is 2.33 bits per heavy atom. The van der Waals surface area contributed by atoms with E-state index in [2.05, 4.69) is 26.3 Å². The molecule has 6 nitrogen and oxygen atoms in total. The minimum atomic E-state index is -0.607. The number of halogens is 1. The molecule has 0 saturated heterocycles. The number of nitrogens with two attached hydrogens (primary N) is 1. The van der Waals surface area contributed by atoms with Gasteiger partial charge in [-0.15, -0.1) is 0 Å². The van der Waals surface area contributed by atoms with Gasteiger partial charge in [0.05, 0.1) is 18.0 Å². The van der Waals surface area contributed by atoms with E-state index >= 15 is 0 Å². The second kappa shape index (κ2) is 6.86. The summed E-state index contributed by atoms with van der Waals surface area (Å²) in [6.07, 6.45) is 1.82. The Kier molecular flexibility index (Phi) is 5.77. The zero-order chi connectivity index (χ0) is 13.7. The lowest BCUT2D eigenvalue weighted by Gasteiger charge is -2.16. The lowest BCUT2D eigenvalue weighted by atomic mass is 10.2. The van der Waals surface area contributed by atoms with Gasteiger partial charge in [0.2, 0.25) is 0 Å². The summed E-state index contributed by atoms with van der Waals surface area (Å²) in [5.74, 6) is 0. The van der Waals surface area contributed by atoms with E-state index in [4.69, 9.17) is 5.73 Å². The number of hydrogen-bond acceptors (Lipinski definition) is 5. The highest BCUT2D eigenvalue weighted by Crippen LogP contribution is 2.16. The van der Waals surface area contributed by atoms with Gasteiger partial charge in [-0.3, -0.25) is 4.79 Å². The lowest BCUT2D eigenvalue weighted by molar-refractivity contribution is 0.168. The van der Waals surface area contributed by atoms with Gasteiger partial charge in [-0.2, -0.15) is 5.10 Å². The molecule has 4 N–H and O–H groups in total. The van der Waals surface area contributed by atoms with Crippen molar-refractivity contribution in [1.29, 1.82) is 0 Å². The van der Waals surface area contributed by atoms with Crippen LogP contribution in [0.5, 0.6) is 0 Å². The number of hydrogen-bond donors (Lipinski definition) is 3. The van der Waals surface area contributed by atoms with E-state index in [0.29, 0.717) is 23.2 Å². The normalized spacial score (nSPS) is 14.3. The van der Waals surface area contributed by atoms with E-state index in [1.807, 2.05) is 6.92 Å². The average Bonchev–Trinajstić information content (AvgIpc) is 2.33. The van der Waals surface area contributed by atoms with E-state index in [0.717, 1.165) is 6.42 Å². The van der Waals surface area contributed by atoms with Crippen molar-refractivity contribution in [2.45, 2.75) is 39.0 Å². The Labute approximate surface area is 114 Å². The van der Waals surface area contributed by atoms with Crippen molar-refractivity contribution in [1.82, 2.24) is 9.78 Å². The Bertz CT molecular complexity index is 447. The van der Waals surface area contributed by atoms with E-state index in [-0.39, 0.29) is 5.56 Å². The molecule has 0 spiro atoms. The molecule has 0 aliphatic carbocycles. The van der Waals surface area contributed by atoms with Crippen LogP contribution >= 0.6 is 15.9 Å². The van der Waals surface area contributed by atoms with Gasteiger partial charge in [0, 0.05) is 19.1 Å². The number of aliphatic hydroxyl groups excluding tert-OH is 1. The van der Waals surface area contributed by atoms with E-state index in [9.17, 15) is 9.90 Å². The third-order valence-electron chi connectivity index (χ3n) is 2.57. The summed E-state index contributed by atoms with van der Waals surface area (Å²) in [6.45, 7) is 4.56. The van der Waals surface area contributed by atoms with Crippen LogP contribution in [0.25, 0.3) is 0 Å². The summed E-state index contributed by atoms with van der Waals surface area (Å²) in [7, 11) is 0. The minimum absolute atomic E-state index is 0.174. The molecule has 2 atom stereocenters. The molecular weight excluding hydrogens is 300 g/mol. The van der Waals surface area contributed by atoms with Gasteiger partial charge in [0.1, 0.15) is 4.47 Å². The fourth-order valence-corrected chi connectivity index (χ4v) is 1.80. The van der Waals surface area contributed by atoms with Crippen molar-refractivity contribution in [3.8, 4) is 0 Å². The highest BCUT2D eigenvalue weighted by atomic mass is 79.9. The van der Waals surface area contributed by atoms with Crippen LogP contribution in [0.2, 0.25) is 0 Å². The molecule has 102 valence electrons. The fourth-order valence-electron chi connectivity index (χ4n) is 1.36. The van der Waals surface area contributed by atoms with E-state index in [1.54, 1.807) is 13.1 Å². The first kappa shape index (κ1) is 15.1. The van der Waals surface area contributed by atoms with Crippen molar-refractivity contribution < 1.29 is 5.11 Å². The largest absolute Gasteiger partial charge is 0.392 e.